The molecule has 0 rings (SSSR count). The molecule has 0 bridgehead atoms. The molecule has 2 heteroatoms. The van der Waals surface area contributed by atoms with Crippen molar-refractivity contribution in [2.75, 3.05) is 26.3 Å². The van der Waals surface area contributed by atoms with Crippen LogP contribution < -0.4 is 5.32 Å². The highest BCUT2D eigenvalue weighted by Crippen LogP contribution is 2.05. The summed E-state index contributed by atoms with van der Waals surface area (Å²) in [7, 11) is 0. The fraction of sp³-hybridized carbons (Fsp3) is 1.00. The van der Waals surface area contributed by atoms with E-state index in [-0.39, 0.29) is 0 Å². The zero-order valence-corrected chi connectivity index (χ0v) is 10.8. The molecular formula is C13H29NO. The van der Waals surface area contributed by atoms with E-state index in [1.807, 2.05) is 0 Å². The van der Waals surface area contributed by atoms with Crippen LogP contribution in [0.3, 0.4) is 0 Å². The molecule has 0 fully saturated rings. The molecule has 0 aromatic rings. The third kappa shape index (κ3) is 11.8. The summed E-state index contributed by atoms with van der Waals surface area (Å²) in [5.41, 5.74) is 0. The minimum absolute atomic E-state index is 0.730. The van der Waals surface area contributed by atoms with Gasteiger partial charge in [-0.15, -0.1) is 0 Å². The van der Waals surface area contributed by atoms with Gasteiger partial charge >= 0.3 is 0 Å². The molecule has 0 aliphatic rings. The van der Waals surface area contributed by atoms with Gasteiger partial charge in [0.2, 0.25) is 0 Å². The van der Waals surface area contributed by atoms with E-state index in [2.05, 4.69) is 26.1 Å². The van der Waals surface area contributed by atoms with Crippen LogP contribution in [0, 0.1) is 5.92 Å². The van der Waals surface area contributed by atoms with Gasteiger partial charge in [-0.1, -0.05) is 27.2 Å². The summed E-state index contributed by atoms with van der Waals surface area (Å²) in [6.07, 6.45) is 6.21. The van der Waals surface area contributed by atoms with Crippen LogP contribution in [-0.2, 0) is 4.74 Å². The summed E-state index contributed by atoms with van der Waals surface area (Å²) in [6.45, 7) is 10.9. The van der Waals surface area contributed by atoms with E-state index in [4.69, 9.17) is 4.74 Å². The monoisotopic (exact) mass is 215 g/mol. The van der Waals surface area contributed by atoms with Crippen molar-refractivity contribution in [3.63, 3.8) is 0 Å². The lowest BCUT2D eigenvalue weighted by Gasteiger charge is -2.10. The third-order valence-electron chi connectivity index (χ3n) is 2.50. The number of ether oxygens (including phenoxy) is 1. The second-order valence-corrected chi connectivity index (χ2v) is 4.43. The first-order valence-corrected chi connectivity index (χ1v) is 6.59. The molecule has 2 nitrogen and oxygen atoms in total. The molecule has 0 aromatic heterocycles. The standard InChI is InChI=1S/C13H29NO/c1-4-8-13(3)12-15-11-7-6-10-14-9-5-2/h13-14H,4-12H2,1-3H3. The van der Waals surface area contributed by atoms with Crippen molar-refractivity contribution in [2.45, 2.75) is 52.9 Å². The molecule has 0 saturated carbocycles. The summed E-state index contributed by atoms with van der Waals surface area (Å²) >= 11 is 0. The van der Waals surface area contributed by atoms with Gasteiger partial charge in [0.15, 0.2) is 0 Å². The van der Waals surface area contributed by atoms with Gasteiger partial charge in [0.25, 0.3) is 0 Å². The van der Waals surface area contributed by atoms with Crippen LogP contribution in [0.2, 0.25) is 0 Å². The lowest BCUT2D eigenvalue weighted by Crippen LogP contribution is -2.16. The second-order valence-electron chi connectivity index (χ2n) is 4.43. The Bertz CT molecular complexity index is 117. The lowest BCUT2D eigenvalue weighted by molar-refractivity contribution is 0.0987. The van der Waals surface area contributed by atoms with Crippen LogP contribution >= 0.6 is 0 Å². The molecule has 0 amide bonds. The summed E-state index contributed by atoms with van der Waals surface area (Å²) in [5, 5.41) is 3.40. The van der Waals surface area contributed by atoms with E-state index in [1.54, 1.807) is 0 Å². The summed E-state index contributed by atoms with van der Waals surface area (Å²) < 4.78 is 5.63. The summed E-state index contributed by atoms with van der Waals surface area (Å²) in [6, 6.07) is 0. The number of hydrogen-bond acceptors (Lipinski definition) is 2. The maximum Gasteiger partial charge on any atom is 0.0491 e. The first kappa shape index (κ1) is 14.9. The molecule has 0 spiro atoms. The molecule has 92 valence electrons. The van der Waals surface area contributed by atoms with Gasteiger partial charge in [-0.2, -0.15) is 0 Å². The average Bonchev–Trinajstić information content (AvgIpc) is 2.22. The molecule has 0 aromatic carbocycles. The van der Waals surface area contributed by atoms with E-state index >= 15 is 0 Å². The topological polar surface area (TPSA) is 21.3 Å². The number of hydrogen-bond donors (Lipinski definition) is 1. The summed E-state index contributed by atoms with van der Waals surface area (Å²) in [4.78, 5) is 0. The maximum absolute atomic E-state index is 5.63. The molecule has 0 aliphatic carbocycles. The van der Waals surface area contributed by atoms with Crippen molar-refractivity contribution in [1.82, 2.24) is 5.32 Å². The van der Waals surface area contributed by atoms with Gasteiger partial charge in [-0.3, -0.25) is 0 Å². The molecule has 0 aliphatic heterocycles. The lowest BCUT2D eigenvalue weighted by atomic mass is 10.1. The Hall–Kier alpha value is -0.0800. The number of nitrogens with one attached hydrogen (secondary N) is 1. The fourth-order valence-electron chi connectivity index (χ4n) is 1.62. The molecular weight excluding hydrogens is 186 g/mol. The van der Waals surface area contributed by atoms with Crippen LogP contribution in [0.15, 0.2) is 0 Å². The SMILES string of the molecule is CCCNCCCCOCC(C)CCC. The molecule has 1 N–H and O–H groups in total. The molecule has 0 saturated heterocycles. The van der Waals surface area contributed by atoms with E-state index in [0.717, 1.165) is 32.2 Å². The van der Waals surface area contributed by atoms with Gasteiger partial charge in [-0.25, -0.2) is 0 Å². The minimum atomic E-state index is 0.730. The normalized spacial score (nSPS) is 13.0. The minimum Gasteiger partial charge on any atom is -0.381 e. The van der Waals surface area contributed by atoms with Gasteiger partial charge < -0.3 is 10.1 Å². The Morgan fingerprint density at radius 2 is 1.87 bits per heavy atom. The van der Waals surface area contributed by atoms with Crippen LogP contribution in [0.4, 0.5) is 0 Å². The smallest absolute Gasteiger partial charge is 0.0491 e. The quantitative estimate of drug-likeness (QED) is 0.534. The highest BCUT2D eigenvalue weighted by atomic mass is 16.5. The van der Waals surface area contributed by atoms with Crippen molar-refractivity contribution in [1.29, 1.82) is 0 Å². The highest BCUT2D eigenvalue weighted by Gasteiger charge is 1.99. The van der Waals surface area contributed by atoms with Crippen LogP contribution in [0.1, 0.15) is 52.9 Å². The Morgan fingerprint density at radius 1 is 1.07 bits per heavy atom. The largest absolute Gasteiger partial charge is 0.381 e. The van der Waals surface area contributed by atoms with E-state index in [9.17, 15) is 0 Å². The van der Waals surface area contributed by atoms with E-state index < -0.39 is 0 Å². The Morgan fingerprint density at radius 3 is 2.53 bits per heavy atom. The molecule has 0 heterocycles. The van der Waals surface area contributed by atoms with E-state index in [1.165, 1.54) is 32.1 Å². The second kappa shape index (κ2) is 12.0. The van der Waals surface area contributed by atoms with Crippen molar-refractivity contribution in [2.24, 2.45) is 5.92 Å². The van der Waals surface area contributed by atoms with Crippen molar-refractivity contribution >= 4 is 0 Å². The zero-order chi connectivity index (χ0) is 11.4. The van der Waals surface area contributed by atoms with Crippen molar-refractivity contribution in [3.05, 3.63) is 0 Å². The fourth-order valence-corrected chi connectivity index (χ4v) is 1.62. The summed E-state index contributed by atoms with van der Waals surface area (Å²) in [5.74, 6) is 0.730. The Labute approximate surface area is 95.8 Å². The number of rotatable bonds is 11. The highest BCUT2D eigenvalue weighted by molar-refractivity contribution is 4.50. The van der Waals surface area contributed by atoms with Crippen LogP contribution in [-0.4, -0.2) is 26.3 Å². The van der Waals surface area contributed by atoms with Gasteiger partial charge in [0.1, 0.15) is 0 Å². The van der Waals surface area contributed by atoms with Crippen LogP contribution in [0.5, 0.6) is 0 Å². The first-order valence-electron chi connectivity index (χ1n) is 6.59. The van der Waals surface area contributed by atoms with Gasteiger partial charge in [0.05, 0.1) is 0 Å². The molecule has 15 heavy (non-hydrogen) atoms. The molecule has 0 radical (unpaired) electrons. The molecule has 1 unspecified atom stereocenters. The predicted molar refractivity (Wildman–Crippen MR) is 67.3 cm³/mol. The number of unbranched alkanes of at least 4 members (excludes halogenated alkanes) is 1. The van der Waals surface area contributed by atoms with Gasteiger partial charge in [-0.05, 0) is 44.7 Å². The van der Waals surface area contributed by atoms with Crippen molar-refractivity contribution in [3.8, 4) is 0 Å². The zero-order valence-electron chi connectivity index (χ0n) is 10.8. The first-order chi connectivity index (χ1) is 7.31. The predicted octanol–water partition coefficient (Wildman–Crippen LogP) is 3.22. The maximum atomic E-state index is 5.63. The third-order valence-corrected chi connectivity index (χ3v) is 2.50. The Kier molecular flexibility index (Phi) is 11.9. The Balaban J connectivity index is 2.98. The average molecular weight is 215 g/mol. The van der Waals surface area contributed by atoms with E-state index in [0.29, 0.717) is 0 Å². The van der Waals surface area contributed by atoms with Crippen molar-refractivity contribution < 1.29 is 4.74 Å². The van der Waals surface area contributed by atoms with Crippen LogP contribution in [0.25, 0.3) is 0 Å². The van der Waals surface area contributed by atoms with Gasteiger partial charge in [0, 0.05) is 13.2 Å². The molecule has 1 atom stereocenters.